The maximum absolute atomic E-state index is 13.7. The van der Waals surface area contributed by atoms with E-state index in [0.717, 1.165) is 32.5 Å². The molecule has 0 N–H and O–H groups in total. The second-order valence-electron chi connectivity index (χ2n) is 7.10. The fourth-order valence-corrected chi connectivity index (χ4v) is 6.72. The number of carbonyl (C=O) groups is 1. The van der Waals surface area contributed by atoms with E-state index < -0.39 is 20.9 Å². The average Bonchev–Trinajstić information content (AvgIpc) is 3.44. The van der Waals surface area contributed by atoms with Crippen LogP contribution < -0.4 is 9.24 Å². The third kappa shape index (κ3) is 3.35. The summed E-state index contributed by atoms with van der Waals surface area (Å²) in [5.41, 5.74) is 1.73. The highest BCUT2D eigenvalue weighted by Gasteiger charge is 2.34. The molecule has 2 aromatic heterocycles. The van der Waals surface area contributed by atoms with Crippen molar-refractivity contribution in [3.8, 4) is 0 Å². The summed E-state index contributed by atoms with van der Waals surface area (Å²) in [5, 5.41) is 2.69. The number of thiophene rings is 1. The van der Waals surface area contributed by atoms with Gasteiger partial charge in [-0.05, 0) is 36.6 Å². The van der Waals surface area contributed by atoms with Crippen molar-refractivity contribution in [1.82, 2.24) is 0 Å². The monoisotopic (exact) mass is 481 g/mol. The summed E-state index contributed by atoms with van der Waals surface area (Å²) < 4.78 is 34.1. The summed E-state index contributed by atoms with van der Waals surface area (Å²) in [5.74, 6) is -0.682. The molecule has 2 heterocycles. The summed E-state index contributed by atoms with van der Waals surface area (Å²) in [4.78, 5) is 25.1. The van der Waals surface area contributed by atoms with Crippen LogP contribution in [0.15, 0.2) is 85.5 Å². The fraction of sp³-hybridized carbons (Fsp3) is 0.0435. The predicted molar refractivity (Wildman–Crippen MR) is 127 cm³/mol. The molecule has 0 atom stereocenters. The van der Waals surface area contributed by atoms with Crippen molar-refractivity contribution in [1.29, 1.82) is 0 Å². The van der Waals surface area contributed by atoms with Gasteiger partial charge in [0, 0.05) is 16.3 Å². The number of hydrogen-bond donors (Lipinski definition) is 0. The van der Waals surface area contributed by atoms with Crippen LogP contribution in [0.2, 0.25) is 0 Å². The maximum Gasteiger partial charge on any atom is 0.396 e. The Bertz CT molecular complexity index is 1630. The molecular weight excluding hydrogens is 466 g/mol. The second kappa shape index (κ2) is 7.70. The summed E-state index contributed by atoms with van der Waals surface area (Å²) >= 11 is 1.90. The van der Waals surface area contributed by atoms with Crippen LogP contribution in [0.3, 0.4) is 0 Å². The number of carbonyl (C=O) groups excluding carboxylic acids is 1. The zero-order chi connectivity index (χ0) is 22.5. The van der Waals surface area contributed by atoms with E-state index >= 15 is 0 Å². The van der Waals surface area contributed by atoms with Crippen LogP contribution in [0.5, 0.6) is 0 Å². The largest absolute Gasteiger partial charge is 0.413 e. The Balaban J connectivity index is 1.84. The Labute approximate surface area is 191 Å². The lowest BCUT2D eigenvalue weighted by Gasteiger charge is -2.23. The van der Waals surface area contributed by atoms with E-state index in [0.29, 0.717) is 21.1 Å². The molecule has 0 saturated carbocycles. The first-order valence-corrected chi connectivity index (χ1v) is 12.6. The van der Waals surface area contributed by atoms with Gasteiger partial charge in [0.1, 0.15) is 4.21 Å². The van der Waals surface area contributed by atoms with Gasteiger partial charge in [0.2, 0.25) is 0 Å². The first kappa shape index (κ1) is 20.6. The van der Waals surface area contributed by atoms with E-state index in [2.05, 4.69) is 0 Å². The van der Waals surface area contributed by atoms with Crippen molar-refractivity contribution in [2.45, 2.75) is 11.1 Å². The SMILES string of the molecule is Cc1ccc(C(=O)N(c2cc3sc(=O)oc3c3ccccc23)S(=O)(=O)c2cccs2)cc1. The van der Waals surface area contributed by atoms with E-state index in [1.807, 2.05) is 6.92 Å². The average molecular weight is 482 g/mol. The van der Waals surface area contributed by atoms with Gasteiger partial charge in [-0.25, -0.2) is 4.79 Å². The van der Waals surface area contributed by atoms with Crippen molar-refractivity contribution < 1.29 is 17.6 Å². The molecule has 32 heavy (non-hydrogen) atoms. The van der Waals surface area contributed by atoms with Gasteiger partial charge in [-0.15, -0.1) is 11.3 Å². The van der Waals surface area contributed by atoms with E-state index in [-0.39, 0.29) is 15.5 Å². The molecule has 0 unspecified atom stereocenters. The molecule has 3 aromatic carbocycles. The third-order valence-corrected chi connectivity index (χ3v) is 8.85. The van der Waals surface area contributed by atoms with Gasteiger partial charge in [0.25, 0.3) is 15.9 Å². The highest BCUT2D eigenvalue weighted by molar-refractivity contribution is 7.95. The number of sulfonamides is 1. The van der Waals surface area contributed by atoms with Gasteiger partial charge in [-0.2, -0.15) is 12.7 Å². The van der Waals surface area contributed by atoms with E-state index in [4.69, 9.17) is 4.42 Å². The van der Waals surface area contributed by atoms with Gasteiger partial charge in [0.15, 0.2) is 5.58 Å². The van der Waals surface area contributed by atoms with Crippen molar-refractivity contribution in [3.05, 3.63) is 93.0 Å². The highest BCUT2D eigenvalue weighted by Crippen LogP contribution is 2.38. The van der Waals surface area contributed by atoms with Crippen LogP contribution in [-0.2, 0) is 10.0 Å². The molecule has 5 aromatic rings. The van der Waals surface area contributed by atoms with Crippen molar-refractivity contribution in [2.24, 2.45) is 0 Å². The van der Waals surface area contributed by atoms with Crippen LogP contribution in [0, 0.1) is 6.92 Å². The quantitative estimate of drug-likeness (QED) is 0.343. The van der Waals surface area contributed by atoms with Gasteiger partial charge < -0.3 is 4.42 Å². The smallest absolute Gasteiger partial charge is 0.396 e. The highest BCUT2D eigenvalue weighted by atomic mass is 32.2. The third-order valence-electron chi connectivity index (χ3n) is 5.01. The lowest BCUT2D eigenvalue weighted by molar-refractivity contribution is 0.101. The van der Waals surface area contributed by atoms with Crippen molar-refractivity contribution in [3.63, 3.8) is 0 Å². The second-order valence-corrected chi connectivity index (χ2v) is 11.0. The van der Waals surface area contributed by atoms with Gasteiger partial charge >= 0.3 is 4.94 Å². The first-order chi connectivity index (χ1) is 15.4. The normalized spacial score (nSPS) is 11.8. The van der Waals surface area contributed by atoms with Crippen molar-refractivity contribution >= 4 is 65.3 Å². The number of rotatable bonds is 4. The molecule has 160 valence electrons. The van der Waals surface area contributed by atoms with E-state index in [9.17, 15) is 18.0 Å². The topological polar surface area (TPSA) is 84.7 Å². The zero-order valence-electron chi connectivity index (χ0n) is 16.6. The number of nitrogens with zero attached hydrogens (tertiary/aromatic N) is 1. The summed E-state index contributed by atoms with van der Waals surface area (Å²) in [6, 6.07) is 18.3. The Morgan fingerprint density at radius 1 is 0.969 bits per heavy atom. The Morgan fingerprint density at radius 3 is 2.38 bits per heavy atom. The van der Waals surface area contributed by atoms with Crippen LogP contribution in [0.1, 0.15) is 15.9 Å². The van der Waals surface area contributed by atoms with Crippen LogP contribution in [0.25, 0.3) is 21.1 Å². The number of amides is 1. The fourth-order valence-electron chi connectivity index (χ4n) is 3.51. The van der Waals surface area contributed by atoms with E-state index in [1.54, 1.807) is 60.0 Å². The molecule has 6 nitrogen and oxygen atoms in total. The Morgan fingerprint density at radius 2 is 1.69 bits per heavy atom. The number of benzene rings is 3. The molecule has 0 radical (unpaired) electrons. The van der Waals surface area contributed by atoms with Gasteiger partial charge in [-0.3, -0.25) is 4.79 Å². The number of hydrogen-bond acceptors (Lipinski definition) is 7. The number of fused-ring (bicyclic) bond motifs is 3. The number of anilines is 1. The minimum absolute atomic E-state index is 0.0440. The molecule has 0 aliphatic rings. The van der Waals surface area contributed by atoms with Crippen LogP contribution in [-0.4, -0.2) is 14.3 Å². The summed E-state index contributed by atoms with van der Waals surface area (Å²) in [7, 11) is -4.22. The number of aryl methyl sites for hydroxylation is 1. The Hall–Kier alpha value is -3.27. The molecule has 0 aliphatic carbocycles. The van der Waals surface area contributed by atoms with Crippen LogP contribution >= 0.6 is 22.7 Å². The predicted octanol–water partition coefficient (Wildman–Crippen LogP) is 5.41. The first-order valence-electron chi connectivity index (χ1n) is 9.51. The minimum Gasteiger partial charge on any atom is -0.413 e. The standard InChI is InChI=1S/C23H15NO5S3/c1-14-8-10-15(11-9-14)22(25)24(32(27,28)20-7-4-12-30-20)18-13-19-21(29-23(26)31-19)17-6-3-2-5-16(17)18/h2-13H,1H3. The lowest BCUT2D eigenvalue weighted by Crippen LogP contribution is -2.36. The molecular formula is C23H15NO5S3. The molecule has 5 rings (SSSR count). The summed E-state index contributed by atoms with van der Waals surface area (Å²) in [6.07, 6.45) is 0. The van der Waals surface area contributed by atoms with Gasteiger partial charge in [0.05, 0.1) is 10.4 Å². The van der Waals surface area contributed by atoms with Crippen molar-refractivity contribution in [2.75, 3.05) is 4.31 Å². The minimum atomic E-state index is -4.22. The van der Waals surface area contributed by atoms with E-state index in [1.165, 1.54) is 12.1 Å². The molecule has 0 saturated heterocycles. The van der Waals surface area contributed by atoms with Gasteiger partial charge in [-0.1, -0.05) is 59.4 Å². The molecule has 1 amide bonds. The molecule has 0 spiro atoms. The summed E-state index contributed by atoms with van der Waals surface area (Å²) in [6.45, 7) is 1.89. The molecule has 0 aliphatic heterocycles. The molecule has 0 bridgehead atoms. The van der Waals surface area contributed by atoms with Crippen LogP contribution in [0.4, 0.5) is 5.69 Å². The molecule has 9 heteroatoms. The maximum atomic E-state index is 13.7. The Kier molecular flexibility index (Phi) is 4.96. The molecule has 0 fully saturated rings. The lowest BCUT2D eigenvalue weighted by atomic mass is 10.1. The zero-order valence-corrected chi connectivity index (χ0v) is 19.1.